The van der Waals surface area contributed by atoms with Crippen molar-refractivity contribution in [1.82, 2.24) is 0 Å². The smallest absolute Gasteiger partial charge is 0.0721 e. The molecule has 1 aromatic carbocycles. The Bertz CT molecular complexity index is 248. The minimum atomic E-state index is 0.334. The van der Waals surface area contributed by atoms with E-state index in [0.29, 0.717) is 10.0 Å². The van der Waals surface area contributed by atoms with Crippen molar-refractivity contribution in [2.24, 2.45) is 0 Å². The van der Waals surface area contributed by atoms with E-state index >= 15 is 0 Å². The largest absolute Gasteiger partial charge is 0.373 e. The summed E-state index contributed by atoms with van der Waals surface area (Å²) in [5.41, 5.74) is 1.25. The molecule has 1 nitrogen and oxygen atoms in total. The molecule has 0 amide bonds. The molecule has 0 radical (unpaired) electrons. The predicted molar refractivity (Wildman–Crippen MR) is 68.8 cm³/mol. The molecule has 0 N–H and O–H groups in total. The minimum absolute atomic E-state index is 0.334. The molecule has 78 valence electrons. The summed E-state index contributed by atoms with van der Waals surface area (Å²) in [4.78, 5) is 0. The Kier molecular flexibility index (Phi) is 5.48. The lowest BCUT2D eigenvalue weighted by molar-refractivity contribution is 0.0540. The summed E-state index contributed by atoms with van der Waals surface area (Å²) in [6.45, 7) is 5.06. The molecule has 1 rings (SSSR count). The Labute approximate surface area is 100.0 Å². The van der Waals surface area contributed by atoms with Gasteiger partial charge in [0.15, 0.2) is 0 Å². The summed E-state index contributed by atoms with van der Waals surface area (Å²) >= 11 is 2.45. The molecule has 0 saturated carbocycles. The Hall–Kier alpha value is -0.0900. The quantitative estimate of drug-likeness (QED) is 0.594. The number of hydrogen-bond acceptors (Lipinski definition) is 1. The van der Waals surface area contributed by atoms with Crippen molar-refractivity contribution in [2.75, 3.05) is 0 Å². The molecule has 2 heteroatoms. The van der Waals surface area contributed by atoms with Crippen LogP contribution in [0.4, 0.5) is 0 Å². The van der Waals surface area contributed by atoms with Crippen LogP contribution in [0.25, 0.3) is 0 Å². The minimum Gasteiger partial charge on any atom is -0.373 e. The first-order chi connectivity index (χ1) is 6.74. The van der Waals surface area contributed by atoms with Gasteiger partial charge in [-0.2, -0.15) is 0 Å². The van der Waals surface area contributed by atoms with Crippen LogP contribution in [0, 0.1) is 0 Å². The highest BCUT2D eigenvalue weighted by Crippen LogP contribution is 2.15. The fraction of sp³-hybridized carbons (Fsp3) is 0.500. The second kappa shape index (κ2) is 6.40. The lowest BCUT2D eigenvalue weighted by Crippen LogP contribution is -2.19. The Morgan fingerprint density at radius 3 is 2.50 bits per heavy atom. The highest BCUT2D eigenvalue weighted by Gasteiger charge is 2.11. The highest BCUT2D eigenvalue weighted by molar-refractivity contribution is 14.1. The van der Waals surface area contributed by atoms with Gasteiger partial charge in [0, 0.05) is 3.92 Å². The van der Waals surface area contributed by atoms with Crippen molar-refractivity contribution in [3.05, 3.63) is 35.9 Å². The van der Waals surface area contributed by atoms with E-state index < -0.39 is 0 Å². The molecule has 14 heavy (non-hydrogen) atoms. The third-order valence-corrected chi connectivity index (χ3v) is 4.15. The maximum atomic E-state index is 5.77. The van der Waals surface area contributed by atoms with Crippen molar-refractivity contribution < 1.29 is 4.74 Å². The van der Waals surface area contributed by atoms with E-state index in [9.17, 15) is 0 Å². The second-order valence-corrected chi connectivity index (χ2v) is 5.03. The van der Waals surface area contributed by atoms with Crippen molar-refractivity contribution in [1.29, 1.82) is 0 Å². The van der Waals surface area contributed by atoms with E-state index in [1.54, 1.807) is 0 Å². The first-order valence-corrected chi connectivity index (χ1v) is 6.28. The monoisotopic (exact) mass is 304 g/mol. The predicted octanol–water partition coefficient (Wildman–Crippen LogP) is 3.81. The van der Waals surface area contributed by atoms with Gasteiger partial charge < -0.3 is 4.74 Å². The van der Waals surface area contributed by atoms with Gasteiger partial charge in [0.2, 0.25) is 0 Å². The fourth-order valence-electron chi connectivity index (χ4n) is 1.24. The average Bonchev–Trinajstić information content (AvgIpc) is 2.26. The topological polar surface area (TPSA) is 9.23 Å². The third-order valence-electron chi connectivity index (χ3n) is 2.26. The zero-order valence-corrected chi connectivity index (χ0v) is 10.9. The average molecular weight is 304 g/mol. The van der Waals surface area contributed by atoms with Crippen molar-refractivity contribution in [3.8, 4) is 0 Å². The molecule has 1 unspecified atom stereocenters. The summed E-state index contributed by atoms with van der Waals surface area (Å²) < 4.78 is 6.38. The zero-order chi connectivity index (χ0) is 10.4. The van der Waals surface area contributed by atoms with Gasteiger partial charge in [-0.3, -0.25) is 0 Å². The Morgan fingerprint density at radius 1 is 1.29 bits per heavy atom. The molecule has 2 atom stereocenters. The van der Waals surface area contributed by atoms with E-state index in [1.807, 2.05) is 18.2 Å². The van der Waals surface area contributed by atoms with Gasteiger partial charge in [0.1, 0.15) is 0 Å². The zero-order valence-electron chi connectivity index (χ0n) is 8.74. The molecule has 1 aromatic rings. The second-order valence-electron chi connectivity index (χ2n) is 3.43. The normalized spacial score (nSPS) is 15.1. The molecule has 0 bridgehead atoms. The Balaban J connectivity index is 2.34. The van der Waals surface area contributed by atoms with E-state index in [0.717, 1.165) is 13.0 Å². The molecular formula is C12H17IO. The molecule has 0 saturated heterocycles. The lowest BCUT2D eigenvalue weighted by atomic mass is 10.2. The van der Waals surface area contributed by atoms with Gasteiger partial charge >= 0.3 is 0 Å². The maximum Gasteiger partial charge on any atom is 0.0721 e. The van der Waals surface area contributed by atoms with Crippen molar-refractivity contribution in [3.63, 3.8) is 0 Å². The van der Waals surface area contributed by atoms with Crippen LogP contribution in [0.5, 0.6) is 0 Å². The number of alkyl halides is 1. The van der Waals surface area contributed by atoms with Crippen LogP contribution in [-0.4, -0.2) is 10.0 Å². The maximum absolute atomic E-state index is 5.77. The van der Waals surface area contributed by atoms with Gasteiger partial charge in [-0.15, -0.1) is 0 Å². The van der Waals surface area contributed by atoms with E-state index in [1.165, 1.54) is 5.56 Å². The third kappa shape index (κ3) is 3.96. The number of benzene rings is 1. The molecule has 0 spiro atoms. The molecule has 0 heterocycles. The standard InChI is InChI=1S/C12H17IO/c1-3-12(13)10(2)14-9-11-7-5-4-6-8-11/h4-8,10,12H,3,9H2,1-2H3/t10?,12-/m0/s1. The lowest BCUT2D eigenvalue weighted by Gasteiger charge is -2.17. The van der Waals surface area contributed by atoms with Crippen LogP contribution in [-0.2, 0) is 11.3 Å². The van der Waals surface area contributed by atoms with Crippen LogP contribution in [0.15, 0.2) is 30.3 Å². The number of hydrogen-bond donors (Lipinski definition) is 0. The van der Waals surface area contributed by atoms with Gasteiger partial charge in [0.05, 0.1) is 12.7 Å². The first kappa shape index (κ1) is 12.0. The number of ether oxygens (including phenoxy) is 1. The summed E-state index contributed by atoms with van der Waals surface area (Å²) in [6.07, 6.45) is 1.50. The van der Waals surface area contributed by atoms with Gasteiger partial charge in [-0.1, -0.05) is 59.8 Å². The molecule has 0 aliphatic rings. The van der Waals surface area contributed by atoms with Crippen molar-refractivity contribution >= 4 is 22.6 Å². The summed E-state index contributed by atoms with van der Waals surface area (Å²) in [5.74, 6) is 0. The van der Waals surface area contributed by atoms with Gasteiger partial charge in [-0.05, 0) is 18.9 Å². The molecule has 0 aliphatic heterocycles. The number of halogens is 1. The molecule has 0 fully saturated rings. The highest BCUT2D eigenvalue weighted by atomic mass is 127. The van der Waals surface area contributed by atoms with Crippen LogP contribution < -0.4 is 0 Å². The van der Waals surface area contributed by atoms with Gasteiger partial charge in [-0.25, -0.2) is 0 Å². The van der Waals surface area contributed by atoms with E-state index in [2.05, 4.69) is 48.6 Å². The molecular weight excluding hydrogens is 287 g/mol. The molecule has 0 aliphatic carbocycles. The van der Waals surface area contributed by atoms with E-state index in [-0.39, 0.29) is 0 Å². The van der Waals surface area contributed by atoms with Gasteiger partial charge in [0.25, 0.3) is 0 Å². The summed E-state index contributed by atoms with van der Waals surface area (Å²) in [5, 5.41) is 0. The Morgan fingerprint density at radius 2 is 1.93 bits per heavy atom. The summed E-state index contributed by atoms with van der Waals surface area (Å²) in [7, 11) is 0. The SMILES string of the molecule is CC[C@H](I)C(C)OCc1ccccc1. The molecule has 0 aromatic heterocycles. The van der Waals surface area contributed by atoms with E-state index in [4.69, 9.17) is 4.74 Å². The van der Waals surface area contributed by atoms with Crippen LogP contribution in [0.2, 0.25) is 0 Å². The van der Waals surface area contributed by atoms with Crippen molar-refractivity contribution in [2.45, 2.75) is 36.9 Å². The fourth-order valence-corrected chi connectivity index (χ4v) is 1.45. The van der Waals surface area contributed by atoms with Crippen LogP contribution in [0.1, 0.15) is 25.8 Å². The first-order valence-electron chi connectivity index (χ1n) is 5.03. The number of rotatable bonds is 5. The van der Waals surface area contributed by atoms with Crippen LogP contribution in [0.3, 0.4) is 0 Å². The van der Waals surface area contributed by atoms with Crippen LogP contribution >= 0.6 is 22.6 Å². The summed E-state index contributed by atoms with van der Waals surface area (Å²) in [6, 6.07) is 10.3.